The highest BCUT2D eigenvalue weighted by molar-refractivity contribution is 8.15. The second kappa shape index (κ2) is 4.01. The van der Waals surface area contributed by atoms with Gasteiger partial charge < -0.3 is 0 Å². The Morgan fingerprint density at radius 3 is 3.11 bits per heavy atom. The van der Waals surface area contributed by atoms with Gasteiger partial charge in [-0.15, -0.1) is 0 Å². The number of rotatable bonds is 3. The quantitative estimate of drug-likeness (QED) is 0.590. The standard InChI is InChI=1S/C6H12FNS/c7-2-1-4-9-5-3-8-6-9/h6,8H,1-5H2. The van der Waals surface area contributed by atoms with E-state index >= 15 is 0 Å². The van der Waals surface area contributed by atoms with Crippen molar-refractivity contribution in [3.05, 3.63) is 0 Å². The van der Waals surface area contributed by atoms with Gasteiger partial charge in [-0.2, -0.15) is 10.5 Å². The van der Waals surface area contributed by atoms with Gasteiger partial charge in [0.05, 0.1) is 6.67 Å². The Hall–Kier alpha value is 0.110. The number of hydrogen-bond acceptors (Lipinski definition) is 1. The summed E-state index contributed by atoms with van der Waals surface area (Å²) in [4.78, 5) is 0. The largest absolute Gasteiger partial charge is 0.289 e. The number of halogens is 1. The van der Waals surface area contributed by atoms with Crippen molar-refractivity contribution in [1.29, 1.82) is 0 Å². The van der Waals surface area contributed by atoms with Gasteiger partial charge in [0.15, 0.2) is 0 Å². The smallest absolute Gasteiger partial charge is 0.0902 e. The van der Waals surface area contributed by atoms with Gasteiger partial charge in [-0.25, -0.2) is 0 Å². The van der Waals surface area contributed by atoms with Crippen LogP contribution in [0.4, 0.5) is 4.39 Å². The van der Waals surface area contributed by atoms with Crippen LogP contribution in [0.2, 0.25) is 0 Å². The lowest BCUT2D eigenvalue weighted by Gasteiger charge is -1.97. The maximum absolute atomic E-state index is 11.6. The van der Waals surface area contributed by atoms with Crippen LogP contribution >= 0.6 is 10.5 Å². The number of hydrogen-bond donors (Lipinski definition) is 1. The van der Waals surface area contributed by atoms with E-state index in [4.69, 9.17) is 0 Å². The zero-order chi connectivity index (χ0) is 6.53. The predicted octanol–water partition coefficient (Wildman–Crippen LogP) is 0.978. The topological polar surface area (TPSA) is 12.0 Å². The molecule has 1 atom stereocenters. The molecule has 1 aliphatic rings. The molecule has 1 rings (SSSR count). The molecule has 1 heterocycles. The molecule has 3 heteroatoms. The van der Waals surface area contributed by atoms with E-state index in [0.717, 1.165) is 18.7 Å². The fourth-order valence-electron chi connectivity index (χ4n) is 0.827. The van der Waals surface area contributed by atoms with Crippen molar-refractivity contribution in [2.75, 3.05) is 24.7 Å². The van der Waals surface area contributed by atoms with Crippen LogP contribution in [0.5, 0.6) is 0 Å². The molecule has 54 valence electrons. The highest BCUT2D eigenvalue weighted by Gasteiger charge is 2.00. The molecule has 9 heavy (non-hydrogen) atoms. The van der Waals surface area contributed by atoms with E-state index in [9.17, 15) is 4.39 Å². The lowest BCUT2D eigenvalue weighted by molar-refractivity contribution is 0.489. The van der Waals surface area contributed by atoms with Crippen molar-refractivity contribution in [2.24, 2.45) is 0 Å². The van der Waals surface area contributed by atoms with Gasteiger partial charge in [0, 0.05) is 17.8 Å². The maximum atomic E-state index is 11.6. The molecule has 0 aromatic heterocycles. The van der Waals surface area contributed by atoms with E-state index in [1.54, 1.807) is 0 Å². The summed E-state index contributed by atoms with van der Waals surface area (Å²) in [6.07, 6.45) is 0.737. The highest BCUT2D eigenvalue weighted by atomic mass is 32.2. The van der Waals surface area contributed by atoms with E-state index in [1.165, 1.54) is 5.75 Å². The van der Waals surface area contributed by atoms with Crippen molar-refractivity contribution in [1.82, 2.24) is 5.32 Å². The second-order valence-corrected chi connectivity index (χ2v) is 4.19. The Morgan fingerprint density at radius 2 is 2.56 bits per heavy atom. The Balaban J connectivity index is 2.11. The fourth-order valence-corrected chi connectivity index (χ4v) is 2.48. The summed E-state index contributed by atoms with van der Waals surface area (Å²) in [6.45, 7) is 0.937. The van der Waals surface area contributed by atoms with Crippen LogP contribution in [0, 0.1) is 0 Å². The minimum absolute atomic E-state index is 0.155. The van der Waals surface area contributed by atoms with Crippen molar-refractivity contribution in [3.8, 4) is 0 Å². The third-order valence-corrected chi connectivity index (χ3v) is 3.34. The van der Waals surface area contributed by atoms with Gasteiger partial charge in [0.1, 0.15) is 0 Å². The molecule has 1 N–H and O–H groups in total. The number of alkyl halides is 1. The molecule has 0 aromatic rings. The van der Waals surface area contributed by atoms with Crippen LogP contribution in [0.15, 0.2) is 0 Å². The first-order valence-corrected chi connectivity index (χ1v) is 4.85. The molecule has 0 aromatic carbocycles. The Morgan fingerprint density at radius 1 is 1.67 bits per heavy atom. The van der Waals surface area contributed by atoms with Gasteiger partial charge in [-0.3, -0.25) is 9.71 Å². The van der Waals surface area contributed by atoms with Crippen LogP contribution < -0.4 is 5.32 Å². The van der Waals surface area contributed by atoms with Gasteiger partial charge in [-0.05, 0) is 12.2 Å². The molecule has 0 amide bonds. The molecule has 0 saturated carbocycles. The molecule has 0 fully saturated rings. The van der Waals surface area contributed by atoms with E-state index in [2.05, 4.69) is 10.8 Å². The zero-order valence-electron chi connectivity index (χ0n) is 5.40. The van der Waals surface area contributed by atoms with Crippen LogP contribution in [-0.2, 0) is 0 Å². The Labute approximate surface area is 57.6 Å². The molecule has 0 aliphatic carbocycles. The molecule has 1 aliphatic heterocycles. The molecule has 1 nitrogen and oxygen atoms in total. The minimum atomic E-state index is -0.155. The summed E-state index contributed by atoms with van der Waals surface area (Å²) < 4.78 is 11.6. The normalized spacial score (nSPS) is 26.1. The minimum Gasteiger partial charge on any atom is -0.289 e. The average molecular weight is 149 g/mol. The first-order valence-electron chi connectivity index (χ1n) is 3.22. The zero-order valence-corrected chi connectivity index (χ0v) is 6.22. The lowest BCUT2D eigenvalue weighted by Crippen LogP contribution is -2.04. The monoisotopic (exact) mass is 149 g/mol. The fraction of sp³-hybridized carbons (Fsp3) is 0.833. The summed E-state index contributed by atoms with van der Waals surface area (Å²) in [6, 6.07) is 0. The van der Waals surface area contributed by atoms with Crippen molar-refractivity contribution in [3.63, 3.8) is 0 Å². The van der Waals surface area contributed by atoms with Crippen LogP contribution in [0.3, 0.4) is 0 Å². The molecule has 0 spiro atoms. The Bertz CT molecular complexity index is 114. The highest BCUT2D eigenvalue weighted by Crippen LogP contribution is 2.14. The molecular formula is C6H12FNS. The van der Waals surface area contributed by atoms with E-state index in [0.29, 0.717) is 10.5 Å². The van der Waals surface area contributed by atoms with Crippen LogP contribution in [0.25, 0.3) is 0 Å². The SMILES string of the molecule is FCCCS1=CNCC1. The van der Waals surface area contributed by atoms with Gasteiger partial charge in [0.25, 0.3) is 0 Å². The van der Waals surface area contributed by atoms with Crippen LogP contribution in [0.1, 0.15) is 6.42 Å². The van der Waals surface area contributed by atoms with Gasteiger partial charge in [0.2, 0.25) is 0 Å². The molecule has 0 radical (unpaired) electrons. The first kappa shape index (κ1) is 7.22. The Kier molecular flexibility index (Phi) is 3.22. The van der Waals surface area contributed by atoms with E-state index < -0.39 is 0 Å². The summed E-state index contributed by atoms with van der Waals surface area (Å²) in [5.74, 6) is 2.27. The van der Waals surface area contributed by atoms with Crippen LogP contribution in [-0.4, -0.2) is 30.2 Å². The maximum Gasteiger partial charge on any atom is 0.0902 e. The van der Waals surface area contributed by atoms with Gasteiger partial charge in [-0.1, -0.05) is 0 Å². The first-order chi connectivity index (χ1) is 4.43. The van der Waals surface area contributed by atoms with E-state index in [1.807, 2.05) is 0 Å². The van der Waals surface area contributed by atoms with Gasteiger partial charge >= 0.3 is 0 Å². The third kappa shape index (κ3) is 2.45. The van der Waals surface area contributed by atoms with Crippen molar-refractivity contribution in [2.45, 2.75) is 6.42 Å². The molecule has 0 saturated heterocycles. The summed E-state index contributed by atoms with van der Waals surface area (Å²) >= 11 is 0. The van der Waals surface area contributed by atoms with Crippen molar-refractivity contribution >= 4 is 16.0 Å². The lowest BCUT2D eigenvalue weighted by atomic mass is 10.6. The molecule has 0 bridgehead atoms. The summed E-state index contributed by atoms with van der Waals surface area (Å²) in [7, 11) is 0.397. The number of nitrogens with one attached hydrogen (secondary N) is 1. The summed E-state index contributed by atoms with van der Waals surface area (Å²) in [5.41, 5.74) is 2.12. The molecule has 1 unspecified atom stereocenters. The van der Waals surface area contributed by atoms with E-state index in [-0.39, 0.29) is 6.67 Å². The second-order valence-electron chi connectivity index (χ2n) is 2.06. The predicted molar refractivity (Wildman–Crippen MR) is 42.0 cm³/mol. The molecular weight excluding hydrogens is 137 g/mol. The van der Waals surface area contributed by atoms with Crippen molar-refractivity contribution < 1.29 is 4.39 Å². The summed E-state index contributed by atoms with van der Waals surface area (Å²) in [5, 5.41) is 3.15. The average Bonchev–Trinajstić information content (AvgIpc) is 2.34. The third-order valence-electron chi connectivity index (χ3n) is 1.30.